The number of carbonyl (C=O) groups is 1. The zero-order valence-electron chi connectivity index (χ0n) is 12.2. The average Bonchev–Trinajstić information content (AvgIpc) is 2.35. The van der Waals surface area contributed by atoms with E-state index in [0.717, 1.165) is 30.9 Å². The van der Waals surface area contributed by atoms with Gasteiger partial charge in [-0.05, 0) is 37.8 Å². The number of Topliss-reactive ketones (excluding diaryl/α,β-unsaturated/α-hetero) is 1. The smallest absolute Gasteiger partial charge is 0.176 e. The maximum absolute atomic E-state index is 12.2. The molecule has 0 N–H and O–H groups in total. The van der Waals surface area contributed by atoms with E-state index in [-0.39, 0.29) is 5.78 Å². The Hall–Kier alpha value is -1.15. The Labute approximate surface area is 116 Å². The van der Waals surface area contributed by atoms with E-state index in [0.29, 0.717) is 6.54 Å². The minimum atomic E-state index is 0.241. The number of benzene rings is 1. The van der Waals surface area contributed by atoms with Crippen LogP contribution in [0.2, 0.25) is 0 Å². The fourth-order valence-corrected chi connectivity index (χ4v) is 2.66. The Morgan fingerprint density at radius 2 is 1.95 bits per heavy atom. The van der Waals surface area contributed by atoms with Crippen LogP contribution in [0.3, 0.4) is 0 Å². The summed E-state index contributed by atoms with van der Waals surface area (Å²) in [4.78, 5) is 14.3. The second-order valence-corrected chi connectivity index (χ2v) is 5.86. The first-order valence-corrected chi connectivity index (χ1v) is 7.49. The van der Waals surface area contributed by atoms with Gasteiger partial charge >= 0.3 is 0 Å². The maximum atomic E-state index is 12.2. The van der Waals surface area contributed by atoms with Crippen LogP contribution >= 0.6 is 0 Å². The third-order valence-corrected chi connectivity index (χ3v) is 4.02. The van der Waals surface area contributed by atoms with Crippen LogP contribution in [-0.4, -0.2) is 30.8 Å². The van der Waals surface area contributed by atoms with Gasteiger partial charge in [-0.3, -0.25) is 9.69 Å². The molecule has 0 saturated heterocycles. The summed E-state index contributed by atoms with van der Waals surface area (Å²) < 4.78 is 0. The molecule has 1 aliphatic rings. The van der Waals surface area contributed by atoms with Gasteiger partial charge in [0.15, 0.2) is 5.78 Å². The number of hydrogen-bond acceptors (Lipinski definition) is 2. The molecule has 0 radical (unpaired) electrons. The van der Waals surface area contributed by atoms with Crippen LogP contribution in [0.25, 0.3) is 0 Å². The molecule has 1 aromatic carbocycles. The average molecular weight is 259 g/mol. The molecule has 0 unspecified atom stereocenters. The molecule has 1 aliphatic carbocycles. The number of likely N-dealkylation sites (N-methyl/N-ethyl adjacent to an activating group) is 1. The van der Waals surface area contributed by atoms with Crippen molar-refractivity contribution in [2.75, 3.05) is 20.1 Å². The van der Waals surface area contributed by atoms with Crippen LogP contribution < -0.4 is 0 Å². The summed E-state index contributed by atoms with van der Waals surface area (Å²) in [6, 6.07) is 8.13. The molecular formula is C17H25NO. The van der Waals surface area contributed by atoms with Gasteiger partial charge in [-0.1, -0.05) is 44.0 Å². The molecule has 0 amide bonds. The summed E-state index contributed by atoms with van der Waals surface area (Å²) in [6.07, 6.45) is 6.29. The standard InChI is InChI=1S/C17H25NO/c1-3-5-14-8-10-16(11-9-14)17(19)13-18(2)12-15-6-4-7-15/h8-11,15H,3-7,12-13H2,1-2H3. The molecule has 0 aliphatic heterocycles. The number of hydrogen-bond donors (Lipinski definition) is 0. The van der Waals surface area contributed by atoms with Gasteiger partial charge in [-0.25, -0.2) is 0 Å². The zero-order valence-corrected chi connectivity index (χ0v) is 12.2. The number of aryl methyl sites for hydroxylation is 1. The first kappa shape index (κ1) is 14.3. The lowest BCUT2D eigenvalue weighted by atomic mass is 9.85. The highest BCUT2D eigenvalue weighted by molar-refractivity contribution is 5.97. The molecule has 0 atom stereocenters. The first-order valence-electron chi connectivity index (χ1n) is 7.49. The highest BCUT2D eigenvalue weighted by Gasteiger charge is 2.20. The number of ketones is 1. The van der Waals surface area contributed by atoms with Crippen LogP contribution in [-0.2, 0) is 6.42 Å². The predicted octanol–water partition coefficient (Wildman–Crippen LogP) is 3.55. The molecule has 2 rings (SSSR count). The number of rotatable bonds is 7. The first-order chi connectivity index (χ1) is 9.19. The highest BCUT2D eigenvalue weighted by Crippen LogP contribution is 2.26. The molecule has 2 nitrogen and oxygen atoms in total. The SMILES string of the molecule is CCCc1ccc(C(=O)CN(C)CC2CCC2)cc1. The van der Waals surface area contributed by atoms with Crippen molar-refractivity contribution >= 4 is 5.78 Å². The van der Waals surface area contributed by atoms with E-state index in [2.05, 4.69) is 31.0 Å². The molecule has 0 spiro atoms. The second-order valence-electron chi connectivity index (χ2n) is 5.86. The Kier molecular flexibility index (Phi) is 5.15. The van der Waals surface area contributed by atoms with Gasteiger partial charge in [0.1, 0.15) is 0 Å². The van der Waals surface area contributed by atoms with Gasteiger partial charge < -0.3 is 0 Å². The zero-order chi connectivity index (χ0) is 13.7. The molecule has 2 heteroatoms. The lowest BCUT2D eigenvalue weighted by Gasteiger charge is -2.29. The minimum Gasteiger partial charge on any atom is -0.299 e. The lowest BCUT2D eigenvalue weighted by Crippen LogP contribution is -2.33. The van der Waals surface area contributed by atoms with Crippen LogP contribution in [0.4, 0.5) is 0 Å². The Morgan fingerprint density at radius 1 is 1.26 bits per heavy atom. The van der Waals surface area contributed by atoms with Crippen LogP contribution in [0.1, 0.15) is 48.5 Å². The summed E-state index contributed by atoms with van der Waals surface area (Å²) in [5.41, 5.74) is 2.17. The van der Waals surface area contributed by atoms with Crippen molar-refractivity contribution in [3.63, 3.8) is 0 Å². The van der Waals surface area contributed by atoms with Gasteiger partial charge in [-0.2, -0.15) is 0 Å². The lowest BCUT2D eigenvalue weighted by molar-refractivity contribution is 0.0925. The Bertz CT molecular complexity index is 406. The minimum absolute atomic E-state index is 0.241. The van der Waals surface area contributed by atoms with E-state index >= 15 is 0 Å². The number of nitrogens with zero attached hydrogens (tertiary/aromatic N) is 1. The second kappa shape index (κ2) is 6.85. The van der Waals surface area contributed by atoms with Crippen molar-refractivity contribution in [2.45, 2.75) is 39.0 Å². The quantitative estimate of drug-likeness (QED) is 0.698. The summed E-state index contributed by atoms with van der Waals surface area (Å²) in [5, 5.41) is 0. The van der Waals surface area contributed by atoms with Gasteiger partial charge in [-0.15, -0.1) is 0 Å². The monoisotopic (exact) mass is 259 g/mol. The largest absolute Gasteiger partial charge is 0.299 e. The normalized spacial score (nSPS) is 15.5. The fourth-order valence-electron chi connectivity index (χ4n) is 2.66. The van der Waals surface area contributed by atoms with Gasteiger partial charge in [0.2, 0.25) is 0 Å². The van der Waals surface area contributed by atoms with Crippen molar-refractivity contribution in [1.82, 2.24) is 4.90 Å². The van der Waals surface area contributed by atoms with E-state index < -0.39 is 0 Å². The van der Waals surface area contributed by atoms with Gasteiger partial charge in [0, 0.05) is 12.1 Å². The summed E-state index contributed by atoms with van der Waals surface area (Å²) in [6.45, 7) is 3.79. The Balaban J connectivity index is 1.84. The summed E-state index contributed by atoms with van der Waals surface area (Å²) in [7, 11) is 2.06. The molecular weight excluding hydrogens is 234 g/mol. The van der Waals surface area contributed by atoms with Crippen LogP contribution in [0, 0.1) is 5.92 Å². The van der Waals surface area contributed by atoms with Crippen molar-refractivity contribution < 1.29 is 4.79 Å². The molecule has 0 heterocycles. The maximum Gasteiger partial charge on any atom is 0.176 e. The third kappa shape index (κ3) is 4.17. The third-order valence-electron chi connectivity index (χ3n) is 4.02. The van der Waals surface area contributed by atoms with E-state index in [9.17, 15) is 4.79 Å². The number of carbonyl (C=O) groups excluding carboxylic acids is 1. The summed E-state index contributed by atoms with van der Waals surface area (Å²) >= 11 is 0. The van der Waals surface area contributed by atoms with Gasteiger partial charge in [0.25, 0.3) is 0 Å². The van der Waals surface area contributed by atoms with Gasteiger partial charge in [0.05, 0.1) is 6.54 Å². The molecule has 1 fully saturated rings. The fraction of sp³-hybridized carbons (Fsp3) is 0.588. The van der Waals surface area contributed by atoms with Crippen LogP contribution in [0.15, 0.2) is 24.3 Å². The van der Waals surface area contributed by atoms with Crippen LogP contribution in [0.5, 0.6) is 0 Å². The molecule has 1 saturated carbocycles. The molecule has 1 aromatic rings. The van der Waals surface area contributed by atoms with Crippen molar-refractivity contribution in [1.29, 1.82) is 0 Å². The van der Waals surface area contributed by atoms with Crippen molar-refractivity contribution in [3.05, 3.63) is 35.4 Å². The topological polar surface area (TPSA) is 20.3 Å². The Morgan fingerprint density at radius 3 is 2.47 bits per heavy atom. The highest BCUT2D eigenvalue weighted by atomic mass is 16.1. The summed E-state index contributed by atoms with van der Waals surface area (Å²) in [5.74, 6) is 1.06. The van der Waals surface area contributed by atoms with E-state index in [4.69, 9.17) is 0 Å². The van der Waals surface area contributed by atoms with E-state index in [1.807, 2.05) is 12.1 Å². The predicted molar refractivity (Wildman–Crippen MR) is 79.6 cm³/mol. The van der Waals surface area contributed by atoms with Crippen molar-refractivity contribution in [3.8, 4) is 0 Å². The molecule has 0 bridgehead atoms. The van der Waals surface area contributed by atoms with Crippen molar-refractivity contribution in [2.24, 2.45) is 5.92 Å². The van der Waals surface area contributed by atoms with E-state index in [1.165, 1.54) is 24.8 Å². The molecule has 104 valence electrons. The molecule has 0 aromatic heterocycles. The van der Waals surface area contributed by atoms with E-state index in [1.54, 1.807) is 0 Å². The molecule has 19 heavy (non-hydrogen) atoms.